The number of imide groups is 1. The first kappa shape index (κ1) is 16.7. The molecule has 0 radical (unpaired) electrons. The topological polar surface area (TPSA) is 54.7 Å². The number of carbonyl (C=O) groups is 2. The van der Waals surface area contributed by atoms with Gasteiger partial charge in [-0.2, -0.15) is 0 Å². The van der Waals surface area contributed by atoms with E-state index in [1.54, 1.807) is 0 Å². The van der Waals surface area contributed by atoms with Crippen LogP contribution in [0.5, 0.6) is 0 Å². The maximum absolute atomic E-state index is 12.6. The lowest BCUT2D eigenvalue weighted by atomic mass is 10.0. The smallest absolute Gasteiger partial charge is 0.235 e. The van der Waals surface area contributed by atoms with Crippen LogP contribution in [0.4, 0.5) is 5.82 Å². The minimum Gasteiger partial charge on any atom is -0.285 e. The number of aryl methyl sites for hydroxylation is 2. The standard InChI is InChI=1S/C23H19N3O2/c1-14-7-8-17(15(2)13-14)21-23(26-19(27)9-10-20(26)28)25-12-11-16-5-3-4-6-18(16)22(25)24-21/h3-8,11-13H,9-10H2,1-2H3. The first-order chi connectivity index (χ1) is 13.5. The van der Waals surface area contributed by atoms with Crippen LogP contribution in [0.15, 0.2) is 54.7 Å². The van der Waals surface area contributed by atoms with Crippen LogP contribution in [-0.2, 0) is 9.59 Å². The minimum absolute atomic E-state index is 0.175. The van der Waals surface area contributed by atoms with Crippen LogP contribution in [0.3, 0.4) is 0 Å². The molecule has 5 rings (SSSR count). The zero-order valence-corrected chi connectivity index (χ0v) is 15.8. The largest absolute Gasteiger partial charge is 0.285 e. The van der Waals surface area contributed by atoms with Crippen LogP contribution >= 0.6 is 0 Å². The molecule has 28 heavy (non-hydrogen) atoms. The van der Waals surface area contributed by atoms with Crippen molar-refractivity contribution in [2.24, 2.45) is 0 Å². The van der Waals surface area contributed by atoms with Crippen molar-refractivity contribution in [1.82, 2.24) is 9.38 Å². The molecule has 1 aliphatic rings. The summed E-state index contributed by atoms with van der Waals surface area (Å²) < 4.78 is 1.87. The van der Waals surface area contributed by atoms with Gasteiger partial charge in [-0.1, -0.05) is 48.0 Å². The molecule has 1 saturated heterocycles. The maximum Gasteiger partial charge on any atom is 0.235 e. The number of benzene rings is 2. The summed E-state index contributed by atoms with van der Waals surface area (Å²) in [4.78, 5) is 31.4. The van der Waals surface area contributed by atoms with E-state index < -0.39 is 0 Å². The number of fused-ring (bicyclic) bond motifs is 3. The van der Waals surface area contributed by atoms with Crippen molar-refractivity contribution in [3.05, 3.63) is 65.9 Å². The van der Waals surface area contributed by atoms with E-state index in [1.165, 1.54) is 4.90 Å². The Labute approximate surface area is 162 Å². The van der Waals surface area contributed by atoms with Gasteiger partial charge >= 0.3 is 0 Å². The summed E-state index contributed by atoms with van der Waals surface area (Å²) in [5.41, 5.74) is 4.56. The third-order valence-electron chi connectivity index (χ3n) is 5.39. The third kappa shape index (κ3) is 2.36. The van der Waals surface area contributed by atoms with E-state index in [4.69, 9.17) is 4.98 Å². The SMILES string of the molecule is Cc1ccc(-c2nc3c4ccccc4ccn3c2N2C(=O)CCC2=O)c(C)c1. The molecule has 0 bridgehead atoms. The van der Waals surface area contributed by atoms with Gasteiger partial charge in [0.05, 0.1) is 0 Å². The first-order valence-corrected chi connectivity index (χ1v) is 9.38. The molecule has 0 unspecified atom stereocenters. The summed E-state index contributed by atoms with van der Waals surface area (Å²) in [5, 5.41) is 2.05. The highest BCUT2D eigenvalue weighted by Gasteiger charge is 2.35. The quantitative estimate of drug-likeness (QED) is 0.491. The predicted molar refractivity (Wildman–Crippen MR) is 109 cm³/mol. The molecule has 2 amide bonds. The number of hydrogen-bond donors (Lipinski definition) is 0. The number of carbonyl (C=O) groups excluding carboxylic acids is 2. The fraction of sp³-hybridized carbons (Fsp3) is 0.174. The normalized spacial score (nSPS) is 14.6. The summed E-state index contributed by atoms with van der Waals surface area (Å²) in [5.74, 6) is 0.192. The Balaban J connectivity index is 1.90. The van der Waals surface area contributed by atoms with Crippen LogP contribution < -0.4 is 4.90 Å². The van der Waals surface area contributed by atoms with Gasteiger partial charge in [0.15, 0.2) is 5.82 Å². The van der Waals surface area contributed by atoms with E-state index in [0.717, 1.165) is 33.1 Å². The Kier molecular flexibility index (Phi) is 3.59. The number of hydrogen-bond acceptors (Lipinski definition) is 3. The molecule has 5 heteroatoms. The van der Waals surface area contributed by atoms with Gasteiger partial charge in [0.25, 0.3) is 0 Å². The Morgan fingerprint density at radius 2 is 1.68 bits per heavy atom. The van der Waals surface area contributed by atoms with E-state index in [2.05, 4.69) is 6.07 Å². The second-order valence-corrected chi connectivity index (χ2v) is 7.32. The number of aromatic nitrogens is 2. The van der Waals surface area contributed by atoms with E-state index in [1.807, 2.05) is 66.9 Å². The van der Waals surface area contributed by atoms with E-state index in [0.29, 0.717) is 11.5 Å². The van der Waals surface area contributed by atoms with Crippen LogP contribution in [0.2, 0.25) is 0 Å². The molecular formula is C23H19N3O2. The zero-order chi connectivity index (χ0) is 19.4. The Hall–Kier alpha value is -3.47. The van der Waals surface area contributed by atoms with Crippen molar-refractivity contribution in [1.29, 1.82) is 0 Å². The van der Waals surface area contributed by atoms with Crippen LogP contribution in [0.1, 0.15) is 24.0 Å². The van der Waals surface area contributed by atoms with Crippen molar-refractivity contribution in [2.45, 2.75) is 26.7 Å². The molecule has 2 aromatic heterocycles. The number of imidazole rings is 1. The molecule has 5 nitrogen and oxygen atoms in total. The second kappa shape index (κ2) is 6.02. The van der Waals surface area contributed by atoms with Gasteiger partial charge in [-0.15, -0.1) is 0 Å². The molecule has 0 spiro atoms. The van der Waals surface area contributed by atoms with Gasteiger partial charge in [0, 0.05) is 30.0 Å². The summed E-state index contributed by atoms with van der Waals surface area (Å²) in [6.45, 7) is 4.07. The van der Waals surface area contributed by atoms with E-state index >= 15 is 0 Å². The molecule has 0 N–H and O–H groups in total. The number of rotatable bonds is 2. The molecule has 0 atom stereocenters. The van der Waals surface area contributed by atoms with Crippen LogP contribution in [0, 0.1) is 13.8 Å². The third-order valence-corrected chi connectivity index (χ3v) is 5.39. The molecule has 0 saturated carbocycles. The molecule has 3 heterocycles. The summed E-state index contributed by atoms with van der Waals surface area (Å²) in [7, 11) is 0. The Morgan fingerprint density at radius 3 is 2.43 bits per heavy atom. The summed E-state index contributed by atoms with van der Waals surface area (Å²) >= 11 is 0. The lowest BCUT2D eigenvalue weighted by Crippen LogP contribution is -2.30. The van der Waals surface area contributed by atoms with Crippen LogP contribution in [-0.4, -0.2) is 21.2 Å². The summed E-state index contributed by atoms with van der Waals surface area (Å²) in [6.07, 6.45) is 2.38. The highest BCUT2D eigenvalue weighted by molar-refractivity contribution is 6.21. The Morgan fingerprint density at radius 1 is 0.929 bits per heavy atom. The van der Waals surface area contributed by atoms with Gasteiger partial charge in [-0.3, -0.25) is 14.0 Å². The molecular weight excluding hydrogens is 350 g/mol. The average molecular weight is 369 g/mol. The predicted octanol–water partition coefficient (Wildman–Crippen LogP) is 4.42. The van der Waals surface area contributed by atoms with E-state index in [9.17, 15) is 9.59 Å². The lowest BCUT2D eigenvalue weighted by Gasteiger charge is -2.16. The first-order valence-electron chi connectivity index (χ1n) is 9.38. The highest BCUT2D eigenvalue weighted by atomic mass is 16.2. The van der Waals surface area contributed by atoms with Crippen molar-refractivity contribution < 1.29 is 9.59 Å². The van der Waals surface area contributed by atoms with Gasteiger partial charge < -0.3 is 0 Å². The van der Waals surface area contributed by atoms with Crippen molar-refractivity contribution in [3.8, 4) is 11.3 Å². The van der Waals surface area contributed by atoms with Crippen LogP contribution in [0.25, 0.3) is 27.7 Å². The number of amides is 2. The van der Waals surface area contributed by atoms with Crippen molar-refractivity contribution in [2.75, 3.05) is 4.90 Å². The second-order valence-electron chi connectivity index (χ2n) is 7.32. The lowest BCUT2D eigenvalue weighted by molar-refractivity contribution is -0.121. The molecule has 2 aromatic carbocycles. The molecule has 1 fully saturated rings. The maximum atomic E-state index is 12.6. The fourth-order valence-corrected chi connectivity index (χ4v) is 4.04. The zero-order valence-electron chi connectivity index (χ0n) is 15.8. The van der Waals surface area contributed by atoms with E-state index in [-0.39, 0.29) is 24.7 Å². The molecule has 138 valence electrons. The Bertz CT molecular complexity index is 1270. The van der Waals surface area contributed by atoms with Crippen molar-refractivity contribution >= 4 is 34.1 Å². The summed E-state index contributed by atoms with van der Waals surface area (Å²) in [6, 6.07) is 16.1. The minimum atomic E-state index is -0.175. The highest BCUT2D eigenvalue weighted by Crippen LogP contribution is 2.37. The fourth-order valence-electron chi connectivity index (χ4n) is 4.04. The van der Waals surface area contributed by atoms with Gasteiger partial charge in [0.2, 0.25) is 11.8 Å². The van der Waals surface area contributed by atoms with Crippen molar-refractivity contribution in [3.63, 3.8) is 0 Å². The average Bonchev–Trinajstić information content (AvgIpc) is 3.21. The number of nitrogens with zero attached hydrogens (tertiary/aromatic N) is 3. The number of pyridine rings is 1. The monoisotopic (exact) mass is 369 g/mol. The molecule has 4 aromatic rings. The molecule has 0 aliphatic carbocycles. The van der Waals surface area contributed by atoms with Gasteiger partial charge in [0.1, 0.15) is 11.3 Å². The van der Waals surface area contributed by atoms with Gasteiger partial charge in [-0.25, -0.2) is 9.88 Å². The van der Waals surface area contributed by atoms with Gasteiger partial charge in [-0.05, 0) is 30.9 Å². The number of anilines is 1. The molecule has 1 aliphatic heterocycles.